The van der Waals surface area contributed by atoms with Crippen LogP contribution in [0.15, 0.2) is 24.3 Å². The summed E-state index contributed by atoms with van der Waals surface area (Å²) in [7, 11) is 3.80. The van der Waals surface area contributed by atoms with Crippen molar-refractivity contribution in [1.29, 1.82) is 0 Å². The Morgan fingerprint density at radius 1 is 1.33 bits per heavy atom. The smallest absolute Gasteiger partial charge is 0.224 e. The molecular formula is C17H26N2O2. The van der Waals surface area contributed by atoms with Crippen LogP contribution in [0.25, 0.3) is 0 Å². The lowest BCUT2D eigenvalue weighted by atomic mass is 9.79. The second-order valence-corrected chi connectivity index (χ2v) is 6.19. The molecule has 2 N–H and O–H groups in total. The number of amides is 1. The van der Waals surface area contributed by atoms with Crippen LogP contribution in [0.3, 0.4) is 0 Å². The number of phenolic OH excluding ortho intramolecular Hbond substituents is 1. The number of rotatable bonds is 5. The summed E-state index contributed by atoms with van der Waals surface area (Å²) < 4.78 is 0. The van der Waals surface area contributed by atoms with Crippen LogP contribution in [0.4, 0.5) is 0 Å². The van der Waals surface area contributed by atoms with Crippen molar-refractivity contribution in [2.75, 3.05) is 14.1 Å². The number of nitrogens with zero attached hydrogens (tertiary/aromatic N) is 1. The maximum atomic E-state index is 12.5. The molecule has 0 unspecified atom stereocenters. The highest BCUT2D eigenvalue weighted by atomic mass is 16.3. The highest BCUT2D eigenvalue weighted by Crippen LogP contribution is 2.31. The molecule has 0 radical (unpaired) electrons. The highest BCUT2D eigenvalue weighted by molar-refractivity contribution is 5.77. The average molecular weight is 290 g/mol. The van der Waals surface area contributed by atoms with Gasteiger partial charge in [0, 0.05) is 25.6 Å². The van der Waals surface area contributed by atoms with Crippen molar-refractivity contribution >= 4 is 5.91 Å². The van der Waals surface area contributed by atoms with Gasteiger partial charge in [-0.1, -0.05) is 31.4 Å². The predicted octanol–water partition coefficient (Wildman–Crippen LogP) is 2.66. The molecule has 4 heteroatoms. The van der Waals surface area contributed by atoms with Gasteiger partial charge in [0.1, 0.15) is 5.75 Å². The summed E-state index contributed by atoms with van der Waals surface area (Å²) in [6.45, 7) is 0.535. The SMILES string of the molecule is CNC1(CC(=O)N(C)Cc2cccc(O)c2)CCCCC1. The van der Waals surface area contributed by atoms with E-state index in [0.717, 1.165) is 18.4 Å². The third-order valence-corrected chi connectivity index (χ3v) is 4.59. The van der Waals surface area contributed by atoms with Crippen LogP contribution in [-0.4, -0.2) is 35.5 Å². The monoisotopic (exact) mass is 290 g/mol. The molecule has 2 rings (SSSR count). The van der Waals surface area contributed by atoms with E-state index in [2.05, 4.69) is 5.32 Å². The van der Waals surface area contributed by atoms with Crippen LogP contribution in [0.1, 0.15) is 44.1 Å². The number of carbonyl (C=O) groups excluding carboxylic acids is 1. The van der Waals surface area contributed by atoms with E-state index in [1.54, 1.807) is 23.1 Å². The highest BCUT2D eigenvalue weighted by Gasteiger charge is 2.33. The molecule has 1 aromatic rings. The summed E-state index contributed by atoms with van der Waals surface area (Å²) in [5, 5.41) is 12.9. The van der Waals surface area contributed by atoms with E-state index < -0.39 is 0 Å². The van der Waals surface area contributed by atoms with Crippen LogP contribution in [-0.2, 0) is 11.3 Å². The van der Waals surface area contributed by atoms with Crippen LogP contribution in [0, 0.1) is 0 Å². The fraction of sp³-hybridized carbons (Fsp3) is 0.588. The number of aromatic hydroxyl groups is 1. The van der Waals surface area contributed by atoms with Gasteiger partial charge in [0.05, 0.1) is 0 Å². The zero-order valence-corrected chi connectivity index (χ0v) is 13.1. The first-order valence-corrected chi connectivity index (χ1v) is 7.75. The molecule has 1 aromatic carbocycles. The van der Waals surface area contributed by atoms with Gasteiger partial charge < -0.3 is 15.3 Å². The van der Waals surface area contributed by atoms with Crippen LogP contribution < -0.4 is 5.32 Å². The topological polar surface area (TPSA) is 52.6 Å². The number of hydrogen-bond acceptors (Lipinski definition) is 3. The normalized spacial score (nSPS) is 17.4. The van der Waals surface area contributed by atoms with Crippen molar-refractivity contribution in [3.05, 3.63) is 29.8 Å². The van der Waals surface area contributed by atoms with Crippen molar-refractivity contribution in [2.45, 2.75) is 50.6 Å². The maximum Gasteiger partial charge on any atom is 0.224 e. The minimum absolute atomic E-state index is 0.0254. The first-order valence-electron chi connectivity index (χ1n) is 7.75. The molecule has 0 aromatic heterocycles. The third-order valence-electron chi connectivity index (χ3n) is 4.59. The van der Waals surface area contributed by atoms with Crippen LogP contribution >= 0.6 is 0 Å². The van der Waals surface area contributed by atoms with Gasteiger partial charge in [-0.3, -0.25) is 4.79 Å². The minimum Gasteiger partial charge on any atom is -0.508 e. The molecule has 1 aliphatic carbocycles. The summed E-state index contributed by atoms with van der Waals surface area (Å²) in [6, 6.07) is 7.08. The van der Waals surface area contributed by atoms with Crippen LogP contribution in [0.5, 0.6) is 5.75 Å². The summed E-state index contributed by atoms with van der Waals surface area (Å²) in [5.41, 5.74) is 0.926. The first-order chi connectivity index (χ1) is 10.0. The van der Waals surface area contributed by atoms with Gasteiger partial charge in [0.2, 0.25) is 5.91 Å². The Labute approximate surface area is 127 Å². The Hall–Kier alpha value is -1.55. The Morgan fingerprint density at radius 2 is 2.05 bits per heavy atom. The van der Waals surface area contributed by atoms with E-state index in [1.165, 1.54) is 19.3 Å². The van der Waals surface area contributed by atoms with E-state index in [9.17, 15) is 9.90 Å². The Bertz CT molecular complexity index is 481. The molecule has 0 aliphatic heterocycles. The second-order valence-electron chi connectivity index (χ2n) is 6.19. The number of carbonyl (C=O) groups is 1. The van der Waals surface area contributed by atoms with Gasteiger partial charge in [-0.25, -0.2) is 0 Å². The molecule has 0 saturated heterocycles. The summed E-state index contributed by atoms with van der Waals surface area (Å²) in [5.74, 6) is 0.405. The molecule has 116 valence electrons. The molecule has 1 amide bonds. The Balaban J connectivity index is 1.95. The molecule has 4 nitrogen and oxygen atoms in total. The molecule has 0 bridgehead atoms. The predicted molar refractivity (Wildman–Crippen MR) is 84.1 cm³/mol. The molecule has 0 spiro atoms. The van der Waals surface area contributed by atoms with Gasteiger partial charge in [0.15, 0.2) is 0 Å². The van der Waals surface area contributed by atoms with Gasteiger partial charge in [-0.05, 0) is 37.6 Å². The number of benzene rings is 1. The summed E-state index contributed by atoms with van der Waals surface area (Å²) in [6.07, 6.45) is 6.38. The van der Waals surface area contributed by atoms with E-state index in [4.69, 9.17) is 0 Å². The maximum absolute atomic E-state index is 12.5. The molecular weight excluding hydrogens is 264 g/mol. The van der Waals surface area contributed by atoms with Gasteiger partial charge in [-0.15, -0.1) is 0 Å². The van der Waals surface area contributed by atoms with Crippen molar-refractivity contribution in [3.8, 4) is 5.75 Å². The average Bonchev–Trinajstić information content (AvgIpc) is 2.48. The fourth-order valence-electron chi connectivity index (χ4n) is 3.19. The minimum atomic E-state index is -0.0254. The zero-order valence-electron chi connectivity index (χ0n) is 13.1. The van der Waals surface area contributed by atoms with E-state index >= 15 is 0 Å². The molecule has 1 saturated carbocycles. The molecule has 1 fully saturated rings. The van der Waals surface area contributed by atoms with Crippen molar-refractivity contribution < 1.29 is 9.90 Å². The standard InChI is InChI=1S/C17H26N2O2/c1-18-17(9-4-3-5-10-17)12-16(21)19(2)13-14-7-6-8-15(20)11-14/h6-8,11,18,20H,3-5,9-10,12-13H2,1-2H3. The molecule has 1 aliphatic rings. The van der Waals surface area contributed by atoms with Crippen molar-refractivity contribution in [2.24, 2.45) is 0 Å². The largest absolute Gasteiger partial charge is 0.508 e. The van der Waals surface area contributed by atoms with Gasteiger partial charge in [0.25, 0.3) is 0 Å². The summed E-state index contributed by atoms with van der Waals surface area (Å²) in [4.78, 5) is 14.2. The summed E-state index contributed by atoms with van der Waals surface area (Å²) >= 11 is 0. The van der Waals surface area contributed by atoms with Gasteiger partial charge in [-0.2, -0.15) is 0 Å². The van der Waals surface area contributed by atoms with Gasteiger partial charge >= 0.3 is 0 Å². The van der Waals surface area contributed by atoms with Crippen molar-refractivity contribution in [3.63, 3.8) is 0 Å². The first kappa shape index (κ1) is 15.8. The fourth-order valence-corrected chi connectivity index (χ4v) is 3.19. The lowest BCUT2D eigenvalue weighted by Crippen LogP contribution is -2.48. The third kappa shape index (κ3) is 4.21. The molecule has 21 heavy (non-hydrogen) atoms. The number of hydrogen-bond donors (Lipinski definition) is 2. The molecule has 0 heterocycles. The van der Waals surface area contributed by atoms with E-state index in [0.29, 0.717) is 13.0 Å². The van der Waals surface area contributed by atoms with Crippen molar-refractivity contribution in [1.82, 2.24) is 10.2 Å². The van der Waals surface area contributed by atoms with Crippen LogP contribution in [0.2, 0.25) is 0 Å². The zero-order chi connectivity index (χ0) is 15.3. The lowest BCUT2D eigenvalue weighted by molar-refractivity contribution is -0.132. The van der Waals surface area contributed by atoms with E-state index in [1.807, 2.05) is 20.2 Å². The molecule has 0 atom stereocenters. The Kier molecular flexibility index (Phi) is 5.23. The lowest BCUT2D eigenvalue weighted by Gasteiger charge is -2.37. The number of phenols is 1. The van der Waals surface area contributed by atoms with E-state index in [-0.39, 0.29) is 17.2 Å². The quantitative estimate of drug-likeness (QED) is 0.876. The number of nitrogens with one attached hydrogen (secondary N) is 1. The second kappa shape index (κ2) is 6.94. The Morgan fingerprint density at radius 3 is 2.67 bits per heavy atom.